The first-order valence-corrected chi connectivity index (χ1v) is 8.10. The molecule has 120 valence electrons. The predicted molar refractivity (Wildman–Crippen MR) is 80.3 cm³/mol. The van der Waals surface area contributed by atoms with Crippen LogP contribution in [0.2, 0.25) is 0 Å². The lowest BCUT2D eigenvalue weighted by Crippen LogP contribution is -2.53. The van der Waals surface area contributed by atoms with Crippen molar-refractivity contribution in [3.8, 4) is 0 Å². The maximum Gasteiger partial charge on any atom is 0.326 e. The zero-order valence-corrected chi connectivity index (χ0v) is 13.1. The third-order valence-electron chi connectivity index (χ3n) is 4.80. The Morgan fingerprint density at radius 2 is 1.86 bits per heavy atom. The van der Waals surface area contributed by atoms with Crippen molar-refractivity contribution < 1.29 is 14.7 Å². The van der Waals surface area contributed by atoms with Gasteiger partial charge in [0, 0.05) is 25.7 Å². The van der Waals surface area contributed by atoms with Gasteiger partial charge in [0.2, 0.25) is 0 Å². The second kappa shape index (κ2) is 7.11. The highest BCUT2D eigenvalue weighted by Crippen LogP contribution is 2.22. The van der Waals surface area contributed by atoms with Crippen molar-refractivity contribution >= 4 is 12.0 Å². The standard InChI is InChI=1S/C15H27N3O3/c1-3-16(4-2)12-8-10-17(11-12)15(21)18-9-6-5-7-13(18)14(19)20/h12-13H,3-11H2,1-2H3,(H,19,20). The monoisotopic (exact) mass is 297 g/mol. The van der Waals surface area contributed by atoms with E-state index in [4.69, 9.17) is 0 Å². The van der Waals surface area contributed by atoms with Crippen molar-refractivity contribution in [1.82, 2.24) is 14.7 Å². The molecule has 2 atom stereocenters. The van der Waals surface area contributed by atoms with Crippen molar-refractivity contribution in [2.45, 2.75) is 51.6 Å². The fraction of sp³-hybridized carbons (Fsp3) is 0.867. The number of piperidine rings is 1. The molecule has 2 saturated heterocycles. The summed E-state index contributed by atoms with van der Waals surface area (Å²) in [5.74, 6) is -0.873. The predicted octanol–water partition coefficient (Wildman–Crippen LogP) is 1.46. The van der Waals surface area contributed by atoms with Gasteiger partial charge in [-0.25, -0.2) is 9.59 Å². The first-order valence-electron chi connectivity index (χ1n) is 8.10. The summed E-state index contributed by atoms with van der Waals surface area (Å²) in [4.78, 5) is 29.7. The molecular weight excluding hydrogens is 270 g/mol. The van der Waals surface area contributed by atoms with Gasteiger partial charge in [0.15, 0.2) is 0 Å². The minimum atomic E-state index is -0.873. The van der Waals surface area contributed by atoms with Gasteiger partial charge in [0.05, 0.1) is 0 Å². The molecule has 2 fully saturated rings. The highest BCUT2D eigenvalue weighted by atomic mass is 16.4. The average Bonchev–Trinajstić information content (AvgIpc) is 2.97. The van der Waals surface area contributed by atoms with E-state index in [0.29, 0.717) is 19.0 Å². The Morgan fingerprint density at radius 3 is 2.48 bits per heavy atom. The van der Waals surface area contributed by atoms with Gasteiger partial charge >= 0.3 is 12.0 Å². The Bertz CT molecular complexity index is 384. The molecular formula is C15H27N3O3. The molecule has 2 heterocycles. The highest BCUT2D eigenvalue weighted by Gasteiger charge is 2.37. The summed E-state index contributed by atoms with van der Waals surface area (Å²) in [6.45, 7) is 8.29. The van der Waals surface area contributed by atoms with Crippen LogP contribution in [-0.4, -0.2) is 76.6 Å². The number of likely N-dealkylation sites (N-methyl/N-ethyl adjacent to an activating group) is 1. The third kappa shape index (κ3) is 3.48. The van der Waals surface area contributed by atoms with Crippen molar-refractivity contribution in [3.63, 3.8) is 0 Å². The number of carboxylic acids is 1. The molecule has 6 nitrogen and oxygen atoms in total. The molecule has 2 rings (SSSR count). The number of carbonyl (C=O) groups is 2. The quantitative estimate of drug-likeness (QED) is 0.853. The molecule has 0 aromatic heterocycles. The molecule has 0 aliphatic carbocycles. The number of hydrogen-bond acceptors (Lipinski definition) is 3. The molecule has 2 aliphatic rings. The number of carbonyl (C=O) groups excluding carboxylic acids is 1. The van der Waals surface area contributed by atoms with E-state index in [1.54, 1.807) is 4.90 Å². The van der Waals surface area contributed by atoms with Gasteiger partial charge in [-0.1, -0.05) is 13.8 Å². The van der Waals surface area contributed by atoms with Crippen LogP contribution in [0.25, 0.3) is 0 Å². The zero-order valence-electron chi connectivity index (χ0n) is 13.1. The van der Waals surface area contributed by atoms with Crippen LogP contribution in [0.5, 0.6) is 0 Å². The maximum absolute atomic E-state index is 12.6. The molecule has 0 saturated carbocycles. The van der Waals surface area contributed by atoms with Crippen LogP contribution in [0.15, 0.2) is 0 Å². The molecule has 21 heavy (non-hydrogen) atoms. The summed E-state index contributed by atoms with van der Waals surface area (Å²) in [5.41, 5.74) is 0. The Labute approximate surface area is 126 Å². The van der Waals surface area contributed by atoms with E-state index < -0.39 is 12.0 Å². The number of likely N-dealkylation sites (tertiary alicyclic amines) is 2. The number of carboxylic acid groups (broad SMARTS) is 1. The Balaban J connectivity index is 1.98. The zero-order chi connectivity index (χ0) is 15.4. The van der Waals surface area contributed by atoms with E-state index >= 15 is 0 Å². The fourth-order valence-corrected chi connectivity index (χ4v) is 3.55. The van der Waals surface area contributed by atoms with Crippen molar-refractivity contribution in [2.75, 3.05) is 32.7 Å². The van der Waals surface area contributed by atoms with E-state index in [1.807, 2.05) is 4.90 Å². The molecule has 0 radical (unpaired) electrons. The normalized spacial score (nSPS) is 26.4. The second-order valence-electron chi connectivity index (χ2n) is 5.94. The molecule has 0 spiro atoms. The Kier molecular flexibility index (Phi) is 5.45. The average molecular weight is 297 g/mol. The largest absolute Gasteiger partial charge is 0.480 e. The van der Waals surface area contributed by atoms with Crippen LogP contribution in [0.3, 0.4) is 0 Å². The third-order valence-corrected chi connectivity index (χ3v) is 4.80. The maximum atomic E-state index is 12.6. The SMILES string of the molecule is CCN(CC)C1CCN(C(=O)N2CCCCC2C(=O)O)C1. The molecule has 0 aromatic rings. The lowest BCUT2D eigenvalue weighted by molar-refractivity contribution is -0.143. The first kappa shape index (κ1) is 16.1. The number of amides is 2. The van der Waals surface area contributed by atoms with Crippen molar-refractivity contribution in [1.29, 1.82) is 0 Å². The molecule has 0 bridgehead atoms. The smallest absolute Gasteiger partial charge is 0.326 e. The van der Waals surface area contributed by atoms with Crippen LogP contribution in [-0.2, 0) is 4.79 Å². The number of aliphatic carboxylic acids is 1. The van der Waals surface area contributed by atoms with Gasteiger partial charge in [-0.2, -0.15) is 0 Å². The van der Waals surface area contributed by atoms with Gasteiger partial charge in [-0.05, 0) is 38.8 Å². The van der Waals surface area contributed by atoms with E-state index in [9.17, 15) is 14.7 Å². The minimum absolute atomic E-state index is 0.0863. The molecule has 2 aliphatic heterocycles. The Morgan fingerprint density at radius 1 is 1.14 bits per heavy atom. The summed E-state index contributed by atoms with van der Waals surface area (Å²) >= 11 is 0. The van der Waals surface area contributed by atoms with E-state index in [0.717, 1.165) is 45.4 Å². The van der Waals surface area contributed by atoms with Crippen LogP contribution in [0.4, 0.5) is 4.79 Å². The Hall–Kier alpha value is -1.30. The molecule has 1 N–H and O–H groups in total. The van der Waals surface area contributed by atoms with Crippen LogP contribution in [0.1, 0.15) is 39.5 Å². The van der Waals surface area contributed by atoms with E-state index in [1.165, 1.54) is 0 Å². The number of urea groups is 1. The van der Waals surface area contributed by atoms with E-state index in [-0.39, 0.29) is 6.03 Å². The lowest BCUT2D eigenvalue weighted by atomic mass is 10.0. The summed E-state index contributed by atoms with van der Waals surface area (Å²) in [7, 11) is 0. The summed E-state index contributed by atoms with van der Waals surface area (Å²) in [6, 6.07) is -0.312. The van der Waals surface area contributed by atoms with Gasteiger partial charge in [-0.3, -0.25) is 4.90 Å². The fourth-order valence-electron chi connectivity index (χ4n) is 3.55. The molecule has 6 heteroatoms. The number of nitrogens with zero attached hydrogens (tertiary/aromatic N) is 3. The van der Waals surface area contributed by atoms with Crippen LogP contribution >= 0.6 is 0 Å². The second-order valence-corrected chi connectivity index (χ2v) is 5.94. The summed E-state index contributed by atoms with van der Waals surface area (Å²) in [6.07, 6.45) is 3.36. The summed E-state index contributed by atoms with van der Waals surface area (Å²) < 4.78 is 0. The van der Waals surface area contributed by atoms with Gasteiger partial charge in [0.25, 0.3) is 0 Å². The molecule has 2 unspecified atom stereocenters. The number of rotatable bonds is 4. The minimum Gasteiger partial charge on any atom is -0.480 e. The molecule has 2 amide bonds. The lowest BCUT2D eigenvalue weighted by Gasteiger charge is -2.36. The number of hydrogen-bond donors (Lipinski definition) is 1. The molecule has 0 aromatic carbocycles. The van der Waals surface area contributed by atoms with E-state index in [2.05, 4.69) is 18.7 Å². The van der Waals surface area contributed by atoms with Crippen LogP contribution in [0, 0.1) is 0 Å². The van der Waals surface area contributed by atoms with Gasteiger partial charge in [-0.15, -0.1) is 0 Å². The first-order chi connectivity index (χ1) is 10.1. The van der Waals surface area contributed by atoms with Gasteiger partial charge < -0.3 is 14.9 Å². The van der Waals surface area contributed by atoms with Gasteiger partial charge in [0.1, 0.15) is 6.04 Å². The van der Waals surface area contributed by atoms with Crippen LogP contribution < -0.4 is 0 Å². The topological polar surface area (TPSA) is 64.1 Å². The van der Waals surface area contributed by atoms with Crippen molar-refractivity contribution in [3.05, 3.63) is 0 Å². The highest BCUT2D eigenvalue weighted by molar-refractivity contribution is 5.83. The van der Waals surface area contributed by atoms with Crippen molar-refractivity contribution in [2.24, 2.45) is 0 Å². The summed E-state index contributed by atoms with van der Waals surface area (Å²) in [5, 5.41) is 9.30.